The number of amidine groups is 1. The number of benzene rings is 2. The van der Waals surface area contributed by atoms with Gasteiger partial charge in [-0.15, -0.1) is 0 Å². The van der Waals surface area contributed by atoms with Gasteiger partial charge in [-0.2, -0.15) is 0 Å². The Bertz CT molecular complexity index is 642. The summed E-state index contributed by atoms with van der Waals surface area (Å²) in [5, 5.41) is 1.23. The van der Waals surface area contributed by atoms with E-state index in [1.807, 2.05) is 25.2 Å². The summed E-state index contributed by atoms with van der Waals surface area (Å²) in [4.78, 5) is 0. The molecule has 0 aliphatic heterocycles. The normalized spacial score (nSPS) is 15.2. The second-order valence-corrected chi connectivity index (χ2v) is 18.1. The summed E-state index contributed by atoms with van der Waals surface area (Å²) < 4.78 is 1.47. The van der Waals surface area contributed by atoms with Crippen LogP contribution in [0, 0.1) is 0 Å². The van der Waals surface area contributed by atoms with Gasteiger partial charge in [0.1, 0.15) is 0 Å². The van der Waals surface area contributed by atoms with Crippen LogP contribution in [0.1, 0.15) is 5.56 Å². The van der Waals surface area contributed by atoms with E-state index < -0.39 is 4.64 Å². The van der Waals surface area contributed by atoms with E-state index in [-0.39, 0.29) is 0 Å². The van der Waals surface area contributed by atoms with Gasteiger partial charge in [-0.1, -0.05) is 0 Å². The van der Waals surface area contributed by atoms with Crippen molar-refractivity contribution in [3.8, 4) is 0 Å². The van der Waals surface area contributed by atoms with Gasteiger partial charge in [0.2, 0.25) is 0 Å². The molecule has 2 rings (SSSR count). The van der Waals surface area contributed by atoms with Gasteiger partial charge >= 0.3 is 151 Å². The van der Waals surface area contributed by atoms with E-state index in [2.05, 4.69) is 88.0 Å². The SMILES string of the molecule is C[N+](Cc1ccc(Br)cc1)=C(N)[P+]([Se])([Se-])c1ccccc1. The Hall–Kier alpha value is -0.141. The van der Waals surface area contributed by atoms with E-state index in [0.717, 1.165) is 16.6 Å². The molecule has 0 saturated carbocycles. The van der Waals surface area contributed by atoms with Crippen molar-refractivity contribution in [1.29, 1.82) is 0 Å². The summed E-state index contributed by atoms with van der Waals surface area (Å²) in [6.45, 7) is 0.789. The Balaban J connectivity index is 2.27. The topological polar surface area (TPSA) is 29.0 Å². The van der Waals surface area contributed by atoms with E-state index in [1.165, 1.54) is 10.9 Å². The molecule has 2 N–H and O–H groups in total. The first-order valence-electron chi connectivity index (χ1n) is 6.36. The fourth-order valence-electron chi connectivity index (χ4n) is 1.93. The molecule has 0 bridgehead atoms. The molecule has 6 heteroatoms. The molecule has 109 valence electrons. The Morgan fingerprint density at radius 3 is 2.33 bits per heavy atom. The molecule has 2 aromatic carbocycles. The van der Waals surface area contributed by atoms with Crippen LogP contribution in [0.2, 0.25) is 0 Å². The number of nitrogens with two attached hydrogens (primary N) is 1. The molecule has 1 radical (unpaired) electrons. The zero-order valence-corrected chi connectivity index (χ0v) is 17.5. The molecule has 0 aliphatic rings. The molecular weight excluding hydrogens is 477 g/mol. The third kappa shape index (κ3) is 4.42. The van der Waals surface area contributed by atoms with E-state index in [1.54, 1.807) is 0 Å². The second-order valence-electron chi connectivity index (χ2n) is 4.73. The van der Waals surface area contributed by atoms with Crippen molar-refractivity contribution in [2.75, 3.05) is 7.05 Å². The molecule has 0 aliphatic carbocycles. The van der Waals surface area contributed by atoms with Gasteiger partial charge in [-0.05, 0) is 0 Å². The maximum absolute atomic E-state index is 6.42. The van der Waals surface area contributed by atoms with Crippen molar-refractivity contribution in [1.82, 2.24) is 0 Å². The summed E-state index contributed by atoms with van der Waals surface area (Å²) in [6, 6.07) is 18.6. The second kappa shape index (κ2) is 7.42. The molecule has 21 heavy (non-hydrogen) atoms. The average molecular weight is 493 g/mol. The maximum atomic E-state index is 6.42. The van der Waals surface area contributed by atoms with Gasteiger partial charge in [-0.3, -0.25) is 0 Å². The average Bonchev–Trinajstić information content (AvgIpc) is 2.49. The Labute approximate surface area is 150 Å². The Morgan fingerprint density at radius 2 is 1.76 bits per heavy atom. The van der Waals surface area contributed by atoms with Crippen molar-refractivity contribution in [3.63, 3.8) is 0 Å². The Morgan fingerprint density at radius 1 is 1.19 bits per heavy atom. The van der Waals surface area contributed by atoms with Crippen LogP contribution < -0.4 is 11.0 Å². The number of hydrogen-bond donors (Lipinski definition) is 1. The van der Waals surface area contributed by atoms with Crippen LogP contribution in [0.25, 0.3) is 0 Å². The molecule has 0 spiro atoms. The van der Waals surface area contributed by atoms with Crippen LogP contribution in [0.5, 0.6) is 0 Å². The van der Waals surface area contributed by atoms with Gasteiger partial charge in [0.25, 0.3) is 0 Å². The quantitative estimate of drug-likeness (QED) is 0.229. The third-order valence-corrected chi connectivity index (χ3v) is 10.6. The van der Waals surface area contributed by atoms with Crippen molar-refractivity contribution < 1.29 is 4.58 Å². The molecular formula is C15H16BrN2PSe2+. The molecule has 0 atom stereocenters. The van der Waals surface area contributed by atoms with E-state index in [0.29, 0.717) is 0 Å². The van der Waals surface area contributed by atoms with Crippen molar-refractivity contribution in [3.05, 3.63) is 64.6 Å². The molecule has 0 unspecified atom stereocenters. The summed E-state index contributed by atoms with van der Waals surface area (Å²) in [6.07, 6.45) is 0. The van der Waals surface area contributed by atoms with E-state index in [4.69, 9.17) is 5.73 Å². The number of nitrogens with zero attached hydrogens (tertiary/aromatic N) is 1. The molecule has 0 heterocycles. The first-order valence-corrected chi connectivity index (χ1v) is 13.4. The summed E-state index contributed by atoms with van der Waals surface area (Å²) in [7, 11) is 2.03. The van der Waals surface area contributed by atoms with Crippen LogP contribution in [-0.4, -0.2) is 48.3 Å². The van der Waals surface area contributed by atoms with E-state index >= 15 is 0 Å². The number of rotatable bonds is 4. The van der Waals surface area contributed by atoms with Crippen molar-refractivity contribution >= 4 is 62.6 Å². The first-order chi connectivity index (χ1) is 9.91. The molecule has 2 aromatic rings. The van der Waals surface area contributed by atoms with Gasteiger partial charge in [0, 0.05) is 0 Å². The fourth-order valence-corrected chi connectivity index (χ4v) is 6.83. The summed E-state index contributed by atoms with van der Waals surface area (Å²) in [5.74, 6) is 0. The van der Waals surface area contributed by atoms with Crippen LogP contribution >= 0.6 is 20.6 Å². The van der Waals surface area contributed by atoms with Crippen LogP contribution in [-0.2, 0) is 6.54 Å². The van der Waals surface area contributed by atoms with Crippen molar-refractivity contribution in [2.45, 2.75) is 6.54 Å². The third-order valence-electron chi connectivity index (χ3n) is 3.12. The minimum absolute atomic E-state index is 0.789. The molecule has 2 nitrogen and oxygen atoms in total. The van der Waals surface area contributed by atoms with Crippen LogP contribution in [0.3, 0.4) is 0 Å². The zero-order chi connectivity index (χ0) is 15.5. The van der Waals surface area contributed by atoms with Gasteiger partial charge < -0.3 is 0 Å². The molecule has 0 fully saturated rings. The predicted molar refractivity (Wildman–Crippen MR) is 97.7 cm³/mol. The van der Waals surface area contributed by atoms with Gasteiger partial charge in [-0.25, -0.2) is 0 Å². The first kappa shape index (κ1) is 17.2. The van der Waals surface area contributed by atoms with Gasteiger partial charge in [0.05, 0.1) is 0 Å². The van der Waals surface area contributed by atoms with Crippen LogP contribution in [0.4, 0.5) is 0 Å². The minimum atomic E-state index is -1.73. The fraction of sp³-hybridized carbons (Fsp3) is 0.133. The monoisotopic (exact) mass is 494 g/mol. The number of halogens is 1. The molecule has 0 saturated heterocycles. The molecule has 0 amide bonds. The standard InChI is InChI=1S/C15H15BrN2PSe2/c1-18(11-12-7-9-13(16)10-8-12)15(17)19(20,21)14-5-3-2-4-6-14/h2-10,17H,11H2,1H3/p+1. The van der Waals surface area contributed by atoms with E-state index in [9.17, 15) is 0 Å². The molecule has 0 aromatic heterocycles. The Kier molecular flexibility index (Phi) is 6.08. The summed E-state index contributed by atoms with van der Waals surface area (Å²) in [5.41, 5.74) is 8.53. The predicted octanol–water partition coefficient (Wildman–Crippen LogP) is 2.42. The van der Waals surface area contributed by atoms with Gasteiger partial charge in [0.15, 0.2) is 0 Å². The van der Waals surface area contributed by atoms with Crippen molar-refractivity contribution in [2.24, 2.45) is 5.73 Å². The number of hydrogen-bond acceptors (Lipinski definition) is 0. The van der Waals surface area contributed by atoms with Crippen LogP contribution in [0.15, 0.2) is 59.1 Å². The summed E-state index contributed by atoms with van der Waals surface area (Å²) >= 11 is 10.0. The zero-order valence-electron chi connectivity index (χ0n) is 11.6.